The second-order valence-corrected chi connectivity index (χ2v) is 17.6. The van der Waals surface area contributed by atoms with Crippen LogP contribution in [0.25, 0.3) is 16.5 Å². The van der Waals surface area contributed by atoms with Crippen LogP contribution < -0.4 is 15.1 Å². The van der Waals surface area contributed by atoms with Crippen molar-refractivity contribution in [3.05, 3.63) is 93.9 Å². The molecule has 11 heteroatoms. The summed E-state index contributed by atoms with van der Waals surface area (Å²) < 4.78 is 15.1. The fourth-order valence-corrected chi connectivity index (χ4v) is 11.1. The third kappa shape index (κ3) is 6.99. The first-order valence-electron chi connectivity index (χ1n) is 21.9. The number of benzene rings is 3. The number of piperidine rings is 2. The molecular weight excluding hydrogens is 730 g/mol. The maximum atomic E-state index is 15.1. The van der Waals surface area contributed by atoms with Gasteiger partial charge in [0.2, 0.25) is 17.8 Å². The molecule has 5 heterocycles. The van der Waals surface area contributed by atoms with Crippen molar-refractivity contribution in [1.82, 2.24) is 25.3 Å². The van der Waals surface area contributed by atoms with E-state index in [0.29, 0.717) is 35.8 Å². The molecule has 1 saturated carbocycles. The number of hydrogen-bond acceptors (Lipinski definition) is 7. The Morgan fingerprint density at radius 1 is 0.724 bits per heavy atom. The van der Waals surface area contributed by atoms with E-state index in [-0.39, 0.29) is 30.1 Å². The summed E-state index contributed by atoms with van der Waals surface area (Å²) in [5, 5.41) is 9.92. The molecule has 0 bridgehead atoms. The molecule has 2 aliphatic carbocycles. The number of halogens is 1. The first kappa shape index (κ1) is 37.3. The number of carbonyl (C=O) groups excluding carboxylic acids is 3. The smallest absolute Gasteiger partial charge is 0.255 e. The van der Waals surface area contributed by atoms with E-state index in [0.717, 1.165) is 87.4 Å². The van der Waals surface area contributed by atoms with Gasteiger partial charge in [0.05, 0.1) is 10.9 Å². The van der Waals surface area contributed by atoms with Gasteiger partial charge in [0.1, 0.15) is 6.04 Å². The molecule has 4 aliphatic heterocycles. The molecule has 4 aromatic rings. The second kappa shape index (κ2) is 15.6. The lowest BCUT2D eigenvalue weighted by atomic mass is 9.78. The monoisotopic (exact) mass is 783 g/mol. The topological polar surface area (TPSA) is 105 Å². The van der Waals surface area contributed by atoms with Gasteiger partial charge in [-0.1, -0.05) is 43.0 Å². The van der Waals surface area contributed by atoms with Crippen LogP contribution in [-0.4, -0.2) is 89.6 Å². The summed E-state index contributed by atoms with van der Waals surface area (Å²) in [6.07, 6.45) is 12.4. The van der Waals surface area contributed by atoms with E-state index >= 15 is 4.39 Å². The van der Waals surface area contributed by atoms with Gasteiger partial charge in [-0.15, -0.1) is 0 Å². The second-order valence-electron chi connectivity index (χ2n) is 17.6. The Kier molecular flexibility index (Phi) is 10.0. The number of hydrogen-bond donors (Lipinski definition) is 2. The van der Waals surface area contributed by atoms with E-state index in [1.807, 2.05) is 18.2 Å². The van der Waals surface area contributed by atoms with Gasteiger partial charge < -0.3 is 14.7 Å². The van der Waals surface area contributed by atoms with Crippen LogP contribution in [0.15, 0.2) is 60.2 Å². The van der Waals surface area contributed by atoms with Crippen molar-refractivity contribution in [1.29, 1.82) is 0 Å². The zero-order valence-electron chi connectivity index (χ0n) is 33.4. The lowest BCUT2D eigenvalue weighted by molar-refractivity contribution is -0.136. The van der Waals surface area contributed by atoms with Crippen molar-refractivity contribution in [3.63, 3.8) is 0 Å². The van der Waals surface area contributed by atoms with E-state index in [1.54, 1.807) is 10.5 Å². The van der Waals surface area contributed by atoms with Crippen molar-refractivity contribution in [2.75, 3.05) is 55.6 Å². The first-order valence-corrected chi connectivity index (χ1v) is 21.9. The maximum absolute atomic E-state index is 15.1. The Balaban J connectivity index is 0.760. The fraction of sp³-hybridized carbons (Fsp3) is 0.489. The average molecular weight is 784 g/mol. The largest absolute Gasteiger partial charge is 0.372 e. The van der Waals surface area contributed by atoms with Gasteiger partial charge in [0, 0.05) is 75.7 Å². The summed E-state index contributed by atoms with van der Waals surface area (Å²) in [6, 6.07) is 19.0. The number of piperazine rings is 1. The third-order valence-corrected chi connectivity index (χ3v) is 14.2. The Labute approximate surface area is 339 Å². The molecule has 3 amide bonds. The van der Waals surface area contributed by atoms with E-state index in [2.05, 4.69) is 66.6 Å². The number of nitrogens with zero attached hydrogens (tertiary/aromatic N) is 5. The normalized spacial score (nSPS) is 22.7. The molecule has 0 radical (unpaired) electrons. The van der Waals surface area contributed by atoms with Gasteiger partial charge in [-0.25, -0.2) is 0 Å². The molecule has 3 aromatic carbocycles. The number of carbonyl (C=O) groups is 3. The summed E-state index contributed by atoms with van der Waals surface area (Å²) in [4.78, 5) is 46.5. The van der Waals surface area contributed by atoms with Crippen LogP contribution in [0.3, 0.4) is 0 Å². The number of aromatic amines is 1. The zero-order valence-corrected chi connectivity index (χ0v) is 33.4. The van der Waals surface area contributed by atoms with E-state index < -0.39 is 6.04 Å². The Bertz CT molecular complexity index is 2260. The predicted octanol–water partition coefficient (Wildman–Crippen LogP) is 7.22. The Hall–Kier alpha value is -5.03. The summed E-state index contributed by atoms with van der Waals surface area (Å²) in [6.45, 7) is 7.57. The highest BCUT2D eigenvalue weighted by atomic mass is 19.1. The van der Waals surface area contributed by atoms with Crippen LogP contribution in [0.1, 0.15) is 103 Å². The number of anilines is 2. The molecule has 1 aromatic heterocycles. The van der Waals surface area contributed by atoms with Crippen molar-refractivity contribution < 1.29 is 18.8 Å². The molecule has 302 valence electrons. The number of H-pyrrole nitrogens is 1. The van der Waals surface area contributed by atoms with Crippen molar-refractivity contribution in [2.45, 2.75) is 89.6 Å². The van der Waals surface area contributed by atoms with Gasteiger partial charge in [-0.3, -0.25) is 29.7 Å². The van der Waals surface area contributed by atoms with Gasteiger partial charge in [0.15, 0.2) is 0 Å². The van der Waals surface area contributed by atoms with E-state index in [1.165, 1.54) is 67.3 Å². The van der Waals surface area contributed by atoms with Crippen LogP contribution in [0, 0.1) is 17.8 Å². The number of amides is 3. The average Bonchev–Trinajstić information content (AvgIpc) is 3.72. The molecule has 10 nitrogen and oxygen atoms in total. The molecule has 58 heavy (non-hydrogen) atoms. The van der Waals surface area contributed by atoms with E-state index in [9.17, 15) is 14.4 Å². The number of nitrogens with one attached hydrogen (secondary N) is 2. The number of rotatable bonds is 7. The summed E-state index contributed by atoms with van der Waals surface area (Å²) in [5.74, 6) is 0.204. The Morgan fingerprint density at radius 3 is 2.24 bits per heavy atom. The van der Waals surface area contributed by atoms with E-state index in [4.69, 9.17) is 0 Å². The summed E-state index contributed by atoms with van der Waals surface area (Å²) >= 11 is 0. The zero-order chi connectivity index (χ0) is 39.3. The molecule has 6 aliphatic rings. The third-order valence-electron chi connectivity index (χ3n) is 14.2. The van der Waals surface area contributed by atoms with Crippen LogP contribution in [0.4, 0.5) is 15.8 Å². The van der Waals surface area contributed by atoms with Gasteiger partial charge in [-0.2, -0.15) is 9.49 Å². The minimum atomic E-state index is -0.590. The minimum absolute atomic E-state index is 0.124. The molecule has 3 saturated heterocycles. The highest BCUT2D eigenvalue weighted by molar-refractivity contribution is 6.05. The number of allylic oxidation sites excluding steroid dienone is 1. The van der Waals surface area contributed by atoms with Gasteiger partial charge >= 0.3 is 0 Å². The SMILES string of the molecule is O=C1CC[C@H](N2Cc3cc(N4CCN(CC5CCN(c6ccc(C7=C(C8CCCCC8)CCCc8c7ccc7n[nH]c(F)c87)cc6)CC5)CC4)ccc3C2=O)C(=O)N1. The molecule has 4 fully saturated rings. The van der Waals surface area contributed by atoms with Crippen LogP contribution >= 0.6 is 0 Å². The summed E-state index contributed by atoms with van der Waals surface area (Å²) in [7, 11) is 0. The number of imide groups is 1. The predicted molar refractivity (Wildman–Crippen MR) is 224 cm³/mol. The van der Waals surface area contributed by atoms with Crippen LogP contribution in [0.5, 0.6) is 0 Å². The lowest BCUT2D eigenvalue weighted by Crippen LogP contribution is -2.52. The molecular formula is C47H54FN7O3. The lowest BCUT2D eigenvalue weighted by Gasteiger charge is -2.40. The van der Waals surface area contributed by atoms with Gasteiger partial charge in [-0.05, 0) is 127 Å². The maximum Gasteiger partial charge on any atom is 0.255 e. The first-order chi connectivity index (χ1) is 28.4. The summed E-state index contributed by atoms with van der Waals surface area (Å²) in [5.41, 5.74) is 11.2. The molecule has 2 N–H and O–H groups in total. The van der Waals surface area contributed by atoms with Crippen LogP contribution in [0.2, 0.25) is 0 Å². The van der Waals surface area contributed by atoms with Gasteiger partial charge in [0.25, 0.3) is 5.91 Å². The fourth-order valence-electron chi connectivity index (χ4n) is 11.1. The molecule has 1 atom stereocenters. The highest BCUT2D eigenvalue weighted by Gasteiger charge is 2.39. The number of aromatic nitrogens is 2. The molecule has 0 spiro atoms. The highest BCUT2D eigenvalue weighted by Crippen LogP contribution is 2.44. The van der Waals surface area contributed by atoms with Crippen molar-refractivity contribution >= 4 is 45.6 Å². The number of aryl methyl sites for hydroxylation is 1. The van der Waals surface area contributed by atoms with Crippen molar-refractivity contribution in [2.24, 2.45) is 11.8 Å². The van der Waals surface area contributed by atoms with Crippen molar-refractivity contribution in [3.8, 4) is 0 Å². The minimum Gasteiger partial charge on any atom is -0.372 e. The molecule has 0 unspecified atom stereocenters. The Morgan fingerprint density at radius 2 is 1.47 bits per heavy atom. The quantitative estimate of drug-likeness (QED) is 0.191. The standard InChI is InChI=1S/C47H54FN7O3/c48-45-44-38-8-4-7-36(31-5-2-1-3-6-31)43(39(38)15-16-40(44)50-51-45)32-9-11-34(12-10-32)53-21-19-30(20-22-53)28-52-23-25-54(26-24-52)35-13-14-37-33(27-35)29-55(47(37)58)41-17-18-42(56)49-46(41)57/h9-16,27,30-31,41H,1-8,17-26,28-29H2,(H,50,51)(H,49,56,57)/t41-/m0/s1. The number of fused-ring (bicyclic) bond motifs is 4. The molecule has 10 rings (SSSR count). The van der Waals surface area contributed by atoms with Crippen LogP contribution in [-0.2, 0) is 22.6 Å².